The largest absolute Gasteiger partial charge is 0.353 e. The number of tetrazole rings is 1. The van der Waals surface area contributed by atoms with Gasteiger partial charge in [0.1, 0.15) is 11.5 Å². The summed E-state index contributed by atoms with van der Waals surface area (Å²) in [6.45, 7) is 4.40. The van der Waals surface area contributed by atoms with Crippen molar-refractivity contribution in [2.24, 2.45) is 5.10 Å². The summed E-state index contributed by atoms with van der Waals surface area (Å²) in [5, 5.41) is 17.1. The summed E-state index contributed by atoms with van der Waals surface area (Å²) in [6.07, 6.45) is 1.77. The van der Waals surface area contributed by atoms with Gasteiger partial charge < -0.3 is 9.80 Å². The molecule has 0 spiro atoms. The Labute approximate surface area is 132 Å². The summed E-state index contributed by atoms with van der Waals surface area (Å²) in [5.41, 5.74) is 2.93. The third kappa shape index (κ3) is 3.59. The molecule has 3 rings (SSSR count). The highest BCUT2D eigenvalue weighted by Gasteiger charge is 2.23. The lowest BCUT2D eigenvalue weighted by Gasteiger charge is -2.35. The molecule has 0 bridgehead atoms. The summed E-state index contributed by atoms with van der Waals surface area (Å²) < 4.78 is 0. The van der Waals surface area contributed by atoms with Crippen LogP contribution in [0.25, 0.3) is 0 Å². The monoisotopic (exact) mass is 315 g/mol. The van der Waals surface area contributed by atoms with Gasteiger partial charge in [0.25, 0.3) is 11.9 Å². The first-order valence-corrected chi connectivity index (χ1v) is 7.23. The van der Waals surface area contributed by atoms with Gasteiger partial charge in [-0.15, -0.1) is 5.10 Å². The topological polar surface area (TPSA) is 115 Å². The molecule has 1 saturated heterocycles. The van der Waals surface area contributed by atoms with E-state index in [0.717, 1.165) is 18.9 Å². The molecule has 1 amide bonds. The predicted octanol–water partition coefficient (Wildman–Crippen LogP) is -0.269. The first kappa shape index (κ1) is 14.9. The highest BCUT2D eigenvalue weighted by atomic mass is 16.2. The minimum atomic E-state index is -0.110. The standard InChI is InChI=1S/C13H17N9O/c1-10(15-16-13-17-19-20-18-13)12(23)22-8-6-21(7-9-22)11-4-2-3-5-14-11/h2-5H,6-9H2,1H3,(H2,16,17,18,19,20)/b15-10+. The van der Waals surface area contributed by atoms with Crippen LogP contribution in [0.2, 0.25) is 0 Å². The van der Waals surface area contributed by atoms with Crippen LogP contribution in [0.3, 0.4) is 0 Å². The van der Waals surface area contributed by atoms with E-state index >= 15 is 0 Å². The Balaban J connectivity index is 1.54. The number of aromatic amines is 1. The molecule has 10 heteroatoms. The molecule has 0 aliphatic carbocycles. The molecular formula is C13H17N9O. The number of hydrazone groups is 1. The first-order valence-electron chi connectivity index (χ1n) is 7.23. The van der Waals surface area contributed by atoms with E-state index in [-0.39, 0.29) is 11.9 Å². The van der Waals surface area contributed by atoms with Crippen molar-refractivity contribution in [2.45, 2.75) is 6.92 Å². The van der Waals surface area contributed by atoms with Gasteiger partial charge in [0, 0.05) is 32.4 Å². The second-order valence-electron chi connectivity index (χ2n) is 5.01. The van der Waals surface area contributed by atoms with E-state index in [2.05, 4.69) is 41.0 Å². The quantitative estimate of drug-likeness (QED) is 0.589. The van der Waals surface area contributed by atoms with E-state index in [0.29, 0.717) is 18.8 Å². The molecule has 120 valence electrons. The van der Waals surface area contributed by atoms with Crippen molar-refractivity contribution in [3.63, 3.8) is 0 Å². The number of nitrogens with zero attached hydrogens (tertiary/aromatic N) is 7. The lowest BCUT2D eigenvalue weighted by molar-refractivity contribution is -0.124. The van der Waals surface area contributed by atoms with Crippen LogP contribution in [0.4, 0.5) is 11.8 Å². The number of pyridine rings is 1. The molecule has 0 atom stereocenters. The van der Waals surface area contributed by atoms with Gasteiger partial charge in [0.2, 0.25) is 0 Å². The molecule has 0 radical (unpaired) electrons. The number of aromatic nitrogens is 5. The van der Waals surface area contributed by atoms with Gasteiger partial charge in [-0.3, -0.25) is 4.79 Å². The number of hydrogen-bond donors (Lipinski definition) is 2. The zero-order valence-corrected chi connectivity index (χ0v) is 12.7. The summed E-state index contributed by atoms with van der Waals surface area (Å²) in [7, 11) is 0. The molecule has 2 aromatic rings. The molecule has 0 aromatic carbocycles. The molecule has 2 aromatic heterocycles. The fraction of sp³-hybridized carbons (Fsp3) is 0.385. The van der Waals surface area contributed by atoms with Crippen LogP contribution in [0.5, 0.6) is 0 Å². The van der Waals surface area contributed by atoms with Crippen molar-refractivity contribution in [3.05, 3.63) is 24.4 Å². The van der Waals surface area contributed by atoms with Crippen LogP contribution in [0.1, 0.15) is 6.92 Å². The van der Waals surface area contributed by atoms with E-state index in [4.69, 9.17) is 0 Å². The lowest BCUT2D eigenvalue weighted by atomic mass is 10.2. The predicted molar refractivity (Wildman–Crippen MR) is 83.9 cm³/mol. The number of H-pyrrole nitrogens is 1. The first-order chi connectivity index (χ1) is 11.2. The van der Waals surface area contributed by atoms with Crippen LogP contribution >= 0.6 is 0 Å². The number of rotatable bonds is 4. The average molecular weight is 315 g/mol. The third-order valence-electron chi connectivity index (χ3n) is 3.52. The molecule has 10 nitrogen and oxygen atoms in total. The van der Waals surface area contributed by atoms with Crippen LogP contribution in [-0.4, -0.2) is 68.3 Å². The summed E-state index contributed by atoms with van der Waals surface area (Å²) in [6, 6.07) is 5.82. The van der Waals surface area contributed by atoms with E-state index in [1.54, 1.807) is 18.0 Å². The van der Waals surface area contributed by atoms with Crippen molar-refractivity contribution < 1.29 is 4.79 Å². The number of carbonyl (C=O) groups is 1. The van der Waals surface area contributed by atoms with Gasteiger partial charge >= 0.3 is 0 Å². The van der Waals surface area contributed by atoms with E-state index in [9.17, 15) is 4.79 Å². The van der Waals surface area contributed by atoms with E-state index in [1.807, 2.05) is 18.2 Å². The second kappa shape index (κ2) is 6.81. The lowest BCUT2D eigenvalue weighted by Crippen LogP contribution is -2.50. The molecule has 2 N–H and O–H groups in total. The number of hydrogen-bond acceptors (Lipinski definition) is 8. The fourth-order valence-corrected chi connectivity index (χ4v) is 2.30. The van der Waals surface area contributed by atoms with E-state index < -0.39 is 0 Å². The average Bonchev–Trinajstić information content (AvgIpc) is 3.13. The molecular weight excluding hydrogens is 298 g/mol. The van der Waals surface area contributed by atoms with Crippen molar-refractivity contribution >= 4 is 23.4 Å². The van der Waals surface area contributed by atoms with Crippen LogP contribution in [0, 0.1) is 0 Å². The Morgan fingerprint density at radius 3 is 2.78 bits per heavy atom. The van der Waals surface area contributed by atoms with Crippen molar-refractivity contribution in [2.75, 3.05) is 36.5 Å². The zero-order valence-electron chi connectivity index (χ0n) is 12.7. The number of anilines is 2. The van der Waals surface area contributed by atoms with Crippen molar-refractivity contribution in [1.29, 1.82) is 0 Å². The van der Waals surface area contributed by atoms with Gasteiger partial charge in [-0.1, -0.05) is 11.2 Å². The molecule has 0 saturated carbocycles. The Morgan fingerprint density at radius 1 is 1.30 bits per heavy atom. The maximum atomic E-state index is 12.4. The Hall–Kier alpha value is -3.04. The molecule has 23 heavy (non-hydrogen) atoms. The van der Waals surface area contributed by atoms with Crippen molar-refractivity contribution in [3.8, 4) is 0 Å². The second-order valence-corrected chi connectivity index (χ2v) is 5.01. The minimum Gasteiger partial charge on any atom is -0.353 e. The Morgan fingerprint density at radius 2 is 2.13 bits per heavy atom. The number of amides is 1. The number of piperazine rings is 1. The third-order valence-corrected chi connectivity index (χ3v) is 3.52. The van der Waals surface area contributed by atoms with E-state index in [1.165, 1.54) is 0 Å². The zero-order chi connectivity index (χ0) is 16.1. The number of nitrogens with one attached hydrogen (secondary N) is 2. The molecule has 1 aliphatic heterocycles. The van der Waals surface area contributed by atoms with Crippen LogP contribution in [-0.2, 0) is 4.79 Å². The Kier molecular flexibility index (Phi) is 4.41. The summed E-state index contributed by atoms with van der Waals surface area (Å²) >= 11 is 0. The summed E-state index contributed by atoms with van der Waals surface area (Å²) in [4.78, 5) is 20.6. The minimum absolute atomic E-state index is 0.110. The Bertz CT molecular complexity index is 662. The molecule has 1 fully saturated rings. The highest BCUT2D eigenvalue weighted by Crippen LogP contribution is 2.12. The maximum Gasteiger partial charge on any atom is 0.283 e. The van der Waals surface area contributed by atoms with Gasteiger partial charge in [-0.25, -0.2) is 10.4 Å². The normalized spacial score (nSPS) is 15.6. The number of carbonyl (C=O) groups excluding carboxylic acids is 1. The fourth-order valence-electron chi connectivity index (χ4n) is 2.30. The van der Waals surface area contributed by atoms with Crippen LogP contribution < -0.4 is 10.3 Å². The molecule has 0 unspecified atom stereocenters. The smallest absolute Gasteiger partial charge is 0.283 e. The summed E-state index contributed by atoms with van der Waals surface area (Å²) in [5.74, 6) is 1.04. The molecule has 1 aliphatic rings. The van der Waals surface area contributed by atoms with Crippen molar-refractivity contribution in [1.82, 2.24) is 30.5 Å². The van der Waals surface area contributed by atoms with Gasteiger partial charge in [-0.2, -0.15) is 10.3 Å². The van der Waals surface area contributed by atoms with Gasteiger partial charge in [0.15, 0.2) is 0 Å². The van der Waals surface area contributed by atoms with Gasteiger partial charge in [0.05, 0.1) is 0 Å². The van der Waals surface area contributed by atoms with Gasteiger partial charge in [-0.05, 0) is 24.3 Å². The van der Waals surface area contributed by atoms with Crippen LogP contribution in [0.15, 0.2) is 29.5 Å². The highest BCUT2D eigenvalue weighted by molar-refractivity contribution is 6.37. The maximum absolute atomic E-state index is 12.4. The SMILES string of the molecule is C/C(=N\Nc1nn[nH]n1)C(=O)N1CCN(c2ccccn2)CC1. The molecule has 3 heterocycles.